The van der Waals surface area contributed by atoms with E-state index < -0.39 is 24.6 Å². The van der Waals surface area contributed by atoms with Crippen molar-refractivity contribution in [1.29, 1.82) is 0 Å². The third-order valence-corrected chi connectivity index (χ3v) is 5.00. The molecule has 1 heterocycles. The molecule has 2 aromatic carbocycles. The number of nitrogens with zero attached hydrogens (tertiary/aromatic N) is 1. The SMILES string of the molecule is CC(C)n1c(C=C[C@@H](O)C[C@@H](O)CC(=O)O)c(-c2ccc(F)cc2)c2ccccc21.[Ca+2].[H-].[H-]. The van der Waals surface area contributed by atoms with Crippen molar-refractivity contribution >= 4 is 60.7 Å². The molecule has 0 aliphatic carbocycles. The first kappa shape index (κ1) is 25.6. The Balaban J connectivity index is 0.00000341. The number of hydrogen-bond acceptors (Lipinski definition) is 3. The Labute approximate surface area is 213 Å². The van der Waals surface area contributed by atoms with E-state index in [4.69, 9.17) is 5.11 Å². The number of aliphatic hydroxyl groups excluding tert-OH is 2. The molecule has 3 aromatic rings. The van der Waals surface area contributed by atoms with Gasteiger partial charge in [0.25, 0.3) is 0 Å². The molecule has 0 aliphatic heterocycles. The zero-order valence-electron chi connectivity index (χ0n) is 19.7. The van der Waals surface area contributed by atoms with Gasteiger partial charge in [-0.1, -0.05) is 36.4 Å². The number of carbonyl (C=O) groups is 1. The molecular weight excluding hydrogens is 425 g/mol. The van der Waals surface area contributed by atoms with Crippen molar-refractivity contribution in [2.75, 3.05) is 0 Å². The van der Waals surface area contributed by atoms with E-state index in [1.165, 1.54) is 12.1 Å². The summed E-state index contributed by atoms with van der Waals surface area (Å²) in [7, 11) is 0. The molecule has 0 fully saturated rings. The van der Waals surface area contributed by atoms with E-state index in [0.717, 1.165) is 27.7 Å². The fourth-order valence-electron chi connectivity index (χ4n) is 3.77. The number of halogens is 1. The standard InChI is InChI=1S/C24H26FNO4.Ca.2H/c1-15(2)26-21-6-4-3-5-20(21)24(16-7-9-17(25)10-8-16)22(26)12-11-18(27)13-19(28)14-23(29)30;;;/h3-12,15,18-19,27-28H,13-14H2,1-2H3,(H,29,30);;;/q;+2;2*-1/t18-,19-;;;/m1.../s1. The van der Waals surface area contributed by atoms with Crippen molar-refractivity contribution in [2.45, 2.75) is 44.9 Å². The van der Waals surface area contributed by atoms with Crippen LogP contribution < -0.4 is 0 Å². The van der Waals surface area contributed by atoms with Crippen LogP contribution in [0, 0.1) is 5.82 Å². The summed E-state index contributed by atoms with van der Waals surface area (Å²) in [6.45, 7) is 4.12. The first-order valence-electron chi connectivity index (χ1n) is 9.93. The van der Waals surface area contributed by atoms with Crippen LogP contribution in [0.15, 0.2) is 54.6 Å². The van der Waals surface area contributed by atoms with Crippen LogP contribution in [0.4, 0.5) is 4.39 Å². The summed E-state index contributed by atoms with van der Waals surface area (Å²) in [5.41, 5.74) is 3.65. The molecule has 0 aliphatic rings. The third-order valence-electron chi connectivity index (χ3n) is 5.00. The number of fused-ring (bicyclic) bond motifs is 1. The Morgan fingerprint density at radius 1 is 1.13 bits per heavy atom. The number of aliphatic carboxylic acids is 1. The summed E-state index contributed by atoms with van der Waals surface area (Å²) < 4.78 is 15.6. The van der Waals surface area contributed by atoms with Crippen LogP contribution in [0.3, 0.4) is 0 Å². The molecule has 1 aromatic heterocycles. The molecule has 7 heteroatoms. The summed E-state index contributed by atoms with van der Waals surface area (Å²) in [5.74, 6) is -1.43. The van der Waals surface area contributed by atoms with Gasteiger partial charge >= 0.3 is 43.7 Å². The van der Waals surface area contributed by atoms with Crippen molar-refractivity contribution in [1.82, 2.24) is 4.57 Å². The Kier molecular flexibility index (Phi) is 9.28. The second-order valence-corrected chi connectivity index (χ2v) is 7.66. The predicted molar refractivity (Wildman–Crippen MR) is 124 cm³/mol. The van der Waals surface area contributed by atoms with Gasteiger partial charge in [-0.15, -0.1) is 0 Å². The predicted octanol–water partition coefficient (Wildman–Crippen LogP) is 4.47. The largest absolute Gasteiger partial charge is 2.00 e. The first-order valence-corrected chi connectivity index (χ1v) is 9.93. The Morgan fingerprint density at radius 3 is 2.39 bits per heavy atom. The van der Waals surface area contributed by atoms with Crippen molar-refractivity contribution in [3.8, 4) is 11.1 Å². The van der Waals surface area contributed by atoms with Gasteiger partial charge in [0.15, 0.2) is 0 Å². The molecule has 31 heavy (non-hydrogen) atoms. The molecule has 3 rings (SSSR count). The number of carboxylic acids is 1. The molecule has 0 spiro atoms. The summed E-state index contributed by atoms with van der Waals surface area (Å²) in [6, 6.07) is 14.4. The van der Waals surface area contributed by atoms with Gasteiger partial charge in [0, 0.05) is 34.6 Å². The Hall–Kier alpha value is -1.70. The Morgan fingerprint density at radius 2 is 1.77 bits per heavy atom. The fraction of sp³-hybridized carbons (Fsp3) is 0.292. The number of aliphatic hydroxyl groups is 2. The molecule has 2 atom stereocenters. The first-order chi connectivity index (χ1) is 14.3. The second kappa shape index (κ2) is 11.2. The minimum absolute atomic E-state index is 0. The molecule has 0 radical (unpaired) electrons. The van der Waals surface area contributed by atoms with Gasteiger partial charge in [-0.2, -0.15) is 0 Å². The third kappa shape index (κ3) is 6.18. The summed E-state index contributed by atoms with van der Waals surface area (Å²) in [6.07, 6.45) is 0.727. The summed E-state index contributed by atoms with van der Waals surface area (Å²) in [4.78, 5) is 10.7. The van der Waals surface area contributed by atoms with Gasteiger partial charge < -0.3 is 22.7 Å². The van der Waals surface area contributed by atoms with Gasteiger partial charge in [0.2, 0.25) is 0 Å². The van der Waals surface area contributed by atoms with Crippen LogP contribution in [0.1, 0.15) is 41.3 Å². The molecular formula is C24H28CaFNO4. The van der Waals surface area contributed by atoms with E-state index >= 15 is 0 Å². The fourth-order valence-corrected chi connectivity index (χ4v) is 3.77. The van der Waals surface area contributed by atoms with Gasteiger partial charge in [0.1, 0.15) is 5.82 Å². The number of hydrogen-bond donors (Lipinski definition) is 3. The number of rotatable bonds is 8. The molecule has 0 unspecified atom stereocenters. The van der Waals surface area contributed by atoms with E-state index in [2.05, 4.69) is 18.4 Å². The van der Waals surface area contributed by atoms with E-state index in [9.17, 15) is 19.4 Å². The molecule has 0 bridgehead atoms. The smallest absolute Gasteiger partial charge is 1.00 e. The molecule has 0 saturated carbocycles. The van der Waals surface area contributed by atoms with Crippen LogP contribution in [-0.4, -0.2) is 75.8 Å². The zero-order valence-corrected chi connectivity index (χ0v) is 19.9. The quantitative estimate of drug-likeness (QED) is 0.440. The molecule has 5 nitrogen and oxygen atoms in total. The van der Waals surface area contributed by atoms with Crippen LogP contribution in [0.5, 0.6) is 0 Å². The number of aromatic nitrogens is 1. The maximum Gasteiger partial charge on any atom is 2.00 e. The van der Waals surface area contributed by atoms with E-state index in [1.54, 1.807) is 24.3 Å². The van der Waals surface area contributed by atoms with Crippen LogP contribution in [0.2, 0.25) is 0 Å². The summed E-state index contributed by atoms with van der Waals surface area (Å²) >= 11 is 0. The molecule has 162 valence electrons. The molecule has 3 N–H and O–H groups in total. The number of carboxylic acid groups (broad SMARTS) is 1. The number of benzene rings is 2. The monoisotopic (exact) mass is 453 g/mol. The zero-order chi connectivity index (χ0) is 21.8. The maximum absolute atomic E-state index is 13.5. The number of para-hydroxylation sites is 1. The Bertz CT molecular complexity index is 1070. The van der Waals surface area contributed by atoms with Crippen molar-refractivity contribution < 1.29 is 27.4 Å². The van der Waals surface area contributed by atoms with Crippen molar-refractivity contribution in [3.05, 3.63) is 66.1 Å². The normalized spacial score (nSPS) is 13.5. The molecule has 0 amide bonds. The van der Waals surface area contributed by atoms with Gasteiger partial charge in [0.05, 0.1) is 18.6 Å². The topological polar surface area (TPSA) is 82.7 Å². The van der Waals surface area contributed by atoms with Gasteiger partial charge in [-0.05, 0) is 43.7 Å². The van der Waals surface area contributed by atoms with Crippen LogP contribution in [0.25, 0.3) is 28.1 Å². The minimum atomic E-state index is -1.13. The van der Waals surface area contributed by atoms with Gasteiger partial charge in [-0.25, -0.2) is 4.39 Å². The van der Waals surface area contributed by atoms with Crippen molar-refractivity contribution in [3.63, 3.8) is 0 Å². The minimum Gasteiger partial charge on any atom is -1.00 e. The average molecular weight is 454 g/mol. The summed E-state index contributed by atoms with van der Waals surface area (Å²) in [5, 5.41) is 29.9. The average Bonchev–Trinajstić information content (AvgIpc) is 3.00. The maximum atomic E-state index is 13.5. The van der Waals surface area contributed by atoms with Crippen molar-refractivity contribution in [2.24, 2.45) is 0 Å². The van der Waals surface area contributed by atoms with Crippen LogP contribution >= 0.6 is 0 Å². The van der Waals surface area contributed by atoms with E-state index in [1.807, 2.05) is 24.3 Å². The van der Waals surface area contributed by atoms with Crippen LogP contribution in [-0.2, 0) is 4.79 Å². The second-order valence-electron chi connectivity index (χ2n) is 7.66. The van der Waals surface area contributed by atoms with E-state index in [0.29, 0.717) is 0 Å². The van der Waals surface area contributed by atoms with Gasteiger partial charge in [-0.3, -0.25) is 4.79 Å². The van der Waals surface area contributed by atoms with E-state index in [-0.39, 0.29) is 58.9 Å². The molecule has 0 saturated heterocycles.